The van der Waals surface area contributed by atoms with Crippen molar-refractivity contribution in [2.24, 2.45) is 5.16 Å². The summed E-state index contributed by atoms with van der Waals surface area (Å²) in [6.45, 7) is 7.95. The molecule has 0 amide bonds. The van der Waals surface area contributed by atoms with Crippen molar-refractivity contribution in [1.29, 1.82) is 0 Å². The quantitative estimate of drug-likeness (QED) is 0.370. The number of carbonyl (C=O) groups excluding carboxylic acids is 1. The van der Waals surface area contributed by atoms with Crippen LogP contribution < -0.4 is 4.74 Å². The van der Waals surface area contributed by atoms with Crippen molar-refractivity contribution >= 4 is 22.6 Å². The fourth-order valence-electron chi connectivity index (χ4n) is 3.61. The summed E-state index contributed by atoms with van der Waals surface area (Å²) in [6.07, 6.45) is 3.38. The zero-order valence-corrected chi connectivity index (χ0v) is 19.4. The molecule has 1 aromatic heterocycles. The molecule has 3 aromatic rings. The van der Waals surface area contributed by atoms with E-state index in [9.17, 15) is 4.79 Å². The van der Waals surface area contributed by atoms with Gasteiger partial charge in [0, 0.05) is 29.1 Å². The molecule has 0 bridgehead atoms. The predicted octanol–water partition coefficient (Wildman–Crippen LogP) is 5.51. The van der Waals surface area contributed by atoms with Gasteiger partial charge in [0.2, 0.25) is 0 Å². The molecule has 1 atom stereocenters. The Morgan fingerprint density at radius 1 is 1.15 bits per heavy atom. The summed E-state index contributed by atoms with van der Waals surface area (Å²) in [4.78, 5) is 21.9. The molecule has 0 fully saturated rings. The van der Waals surface area contributed by atoms with Crippen LogP contribution in [0.25, 0.3) is 10.9 Å². The van der Waals surface area contributed by atoms with Crippen LogP contribution in [-0.2, 0) is 21.0 Å². The summed E-state index contributed by atoms with van der Waals surface area (Å²) in [6, 6.07) is 17.9. The zero-order chi connectivity index (χ0) is 23.4. The number of fused-ring (bicyclic) bond motifs is 1. The number of ether oxygens (including phenoxy) is 2. The first-order valence-corrected chi connectivity index (χ1v) is 11.0. The number of carbonyl (C=O) groups is 1. The van der Waals surface area contributed by atoms with Crippen LogP contribution in [0.3, 0.4) is 0 Å². The van der Waals surface area contributed by atoms with Crippen LogP contribution in [0.15, 0.2) is 71.9 Å². The van der Waals surface area contributed by atoms with Gasteiger partial charge < -0.3 is 14.3 Å². The molecule has 4 rings (SSSR count). The number of aryl methyl sites for hydroxylation is 1. The van der Waals surface area contributed by atoms with Crippen LogP contribution >= 0.6 is 0 Å². The predicted molar refractivity (Wildman–Crippen MR) is 128 cm³/mol. The van der Waals surface area contributed by atoms with E-state index in [-0.39, 0.29) is 6.10 Å². The molecule has 2 heterocycles. The molecule has 0 N–H and O–H groups in total. The van der Waals surface area contributed by atoms with Crippen molar-refractivity contribution in [3.05, 3.63) is 83.6 Å². The SMILES string of the molecule is Cc1cc(COc2ccc(C3=NOC(/C=C/C(=O)OC(C)(C)C)C3)cc2)c2ccccc2n1. The first-order valence-electron chi connectivity index (χ1n) is 11.0. The second-order valence-electron chi connectivity index (χ2n) is 9.03. The number of hydrogen-bond acceptors (Lipinski definition) is 6. The third-order valence-corrected chi connectivity index (χ3v) is 5.06. The third kappa shape index (κ3) is 5.98. The summed E-state index contributed by atoms with van der Waals surface area (Å²) in [5.41, 5.74) is 4.32. The maximum Gasteiger partial charge on any atom is 0.331 e. The number of nitrogens with zero attached hydrogens (tertiary/aromatic N) is 2. The highest BCUT2D eigenvalue weighted by Crippen LogP contribution is 2.23. The molecule has 33 heavy (non-hydrogen) atoms. The van der Waals surface area contributed by atoms with E-state index >= 15 is 0 Å². The maximum atomic E-state index is 11.8. The van der Waals surface area contributed by atoms with Crippen molar-refractivity contribution in [3.8, 4) is 5.75 Å². The van der Waals surface area contributed by atoms with Crippen LogP contribution in [0.4, 0.5) is 0 Å². The average Bonchev–Trinajstić information content (AvgIpc) is 3.24. The van der Waals surface area contributed by atoms with E-state index in [1.807, 2.05) is 70.2 Å². The van der Waals surface area contributed by atoms with E-state index in [4.69, 9.17) is 14.3 Å². The number of oxime groups is 1. The van der Waals surface area contributed by atoms with E-state index in [0.717, 1.165) is 39.2 Å². The molecule has 0 saturated heterocycles. The molecule has 0 saturated carbocycles. The molecule has 0 aliphatic carbocycles. The van der Waals surface area contributed by atoms with Crippen molar-refractivity contribution < 1.29 is 19.1 Å². The molecule has 6 nitrogen and oxygen atoms in total. The minimum absolute atomic E-state index is 0.286. The fraction of sp³-hybridized carbons (Fsp3) is 0.296. The van der Waals surface area contributed by atoms with E-state index in [2.05, 4.69) is 22.3 Å². The molecule has 170 valence electrons. The minimum atomic E-state index is -0.521. The smallest absolute Gasteiger partial charge is 0.331 e. The van der Waals surface area contributed by atoms with Gasteiger partial charge in [-0.05, 0) is 75.7 Å². The number of hydrogen-bond donors (Lipinski definition) is 0. The molecule has 0 radical (unpaired) electrons. The Morgan fingerprint density at radius 3 is 2.67 bits per heavy atom. The molecular weight excluding hydrogens is 416 g/mol. The van der Waals surface area contributed by atoms with Crippen LogP contribution in [0, 0.1) is 6.92 Å². The van der Waals surface area contributed by atoms with E-state index in [1.165, 1.54) is 6.08 Å². The number of esters is 1. The van der Waals surface area contributed by atoms with Crippen molar-refractivity contribution in [2.45, 2.75) is 52.4 Å². The highest BCUT2D eigenvalue weighted by Gasteiger charge is 2.21. The van der Waals surface area contributed by atoms with Gasteiger partial charge in [-0.3, -0.25) is 4.98 Å². The largest absolute Gasteiger partial charge is 0.489 e. The van der Waals surface area contributed by atoms with Gasteiger partial charge in [-0.1, -0.05) is 23.4 Å². The summed E-state index contributed by atoms with van der Waals surface area (Å²) < 4.78 is 11.3. The van der Waals surface area contributed by atoms with Gasteiger partial charge in [-0.25, -0.2) is 4.79 Å². The molecule has 0 spiro atoms. The van der Waals surface area contributed by atoms with Crippen molar-refractivity contribution in [3.63, 3.8) is 0 Å². The van der Waals surface area contributed by atoms with Gasteiger partial charge in [0.25, 0.3) is 0 Å². The van der Waals surface area contributed by atoms with Gasteiger partial charge in [0.15, 0.2) is 6.10 Å². The normalized spacial score (nSPS) is 16.0. The Kier molecular flexibility index (Phi) is 6.45. The fourth-order valence-corrected chi connectivity index (χ4v) is 3.61. The standard InChI is InChI=1S/C27H28N2O4/c1-18-15-20(23-7-5-6-8-24(23)28-18)17-31-21-11-9-19(10-12-21)25-16-22(33-29-25)13-14-26(30)32-27(2,3)4/h5-15,22H,16-17H2,1-4H3/b14-13+. The van der Waals surface area contributed by atoms with E-state index in [0.29, 0.717) is 13.0 Å². The lowest BCUT2D eigenvalue weighted by molar-refractivity contribution is -0.148. The molecule has 2 aromatic carbocycles. The molecule has 1 unspecified atom stereocenters. The Balaban J connectivity index is 1.34. The molecule has 1 aliphatic rings. The van der Waals surface area contributed by atoms with Crippen molar-refractivity contribution in [1.82, 2.24) is 4.98 Å². The first kappa shape index (κ1) is 22.5. The second-order valence-corrected chi connectivity index (χ2v) is 9.03. The number of rotatable bonds is 6. The van der Waals surface area contributed by atoms with Crippen LogP contribution in [-0.4, -0.2) is 28.4 Å². The Hall–Kier alpha value is -3.67. The Bertz CT molecular complexity index is 1210. The van der Waals surface area contributed by atoms with Crippen LogP contribution in [0.1, 0.15) is 44.0 Å². The van der Waals surface area contributed by atoms with Crippen molar-refractivity contribution in [2.75, 3.05) is 0 Å². The highest BCUT2D eigenvalue weighted by atomic mass is 16.6. The summed E-state index contributed by atoms with van der Waals surface area (Å²) in [5, 5.41) is 5.27. The zero-order valence-electron chi connectivity index (χ0n) is 19.4. The van der Waals surface area contributed by atoms with Gasteiger partial charge in [0.05, 0.1) is 11.2 Å². The Labute approximate surface area is 193 Å². The first-order chi connectivity index (χ1) is 15.8. The maximum absolute atomic E-state index is 11.8. The second kappa shape index (κ2) is 9.45. The molecular formula is C27H28N2O4. The van der Waals surface area contributed by atoms with E-state index < -0.39 is 11.6 Å². The third-order valence-electron chi connectivity index (χ3n) is 5.06. The van der Waals surface area contributed by atoms with Gasteiger partial charge in [-0.2, -0.15) is 0 Å². The summed E-state index contributed by atoms with van der Waals surface area (Å²) in [7, 11) is 0. The van der Waals surface area contributed by atoms with Crippen LogP contribution in [0.5, 0.6) is 5.75 Å². The lowest BCUT2D eigenvalue weighted by Gasteiger charge is -2.18. The minimum Gasteiger partial charge on any atom is -0.489 e. The van der Waals surface area contributed by atoms with Gasteiger partial charge in [0.1, 0.15) is 18.0 Å². The lowest BCUT2D eigenvalue weighted by atomic mass is 10.0. The Morgan fingerprint density at radius 2 is 1.91 bits per heavy atom. The lowest BCUT2D eigenvalue weighted by Crippen LogP contribution is -2.22. The number of benzene rings is 2. The highest BCUT2D eigenvalue weighted by molar-refractivity contribution is 6.01. The number of pyridine rings is 1. The summed E-state index contributed by atoms with van der Waals surface area (Å²) in [5.74, 6) is 0.386. The molecule has 1 aliphatic heterocycles. The number of aromatic nitrogens is 1. The van der Waals surface area contributed by atoms with Gasteiger partial charge >= 0.3 is 5.97 Å². The molecule has 6 heteroatoms. The monoisotopic (exact) mass is 444 g/mol. The van der Waals surface area contributed by atoms with Gasteiger partial charge in [-0.15, -0.1) is 0 Å². The topological polar surface area (TPSA) is 70.0 Å². The van der Waals surface area contributed by atoms with Crippen LogP contribution in [0.2, 0.25) is 0 Å². The average molecular weight is 445 g/mol. The number of para-hydroxylation sites is 1. The van der Waals surface area contributed by atoms with E-state index in [1.54, 1.807) is 6.08 Å². The summed E-state index contributed by atoms with van der Waals surface area (Å²) >= 11 is 0.